The van der Waals surface area contributed by atoms with Crippen LogP contribution in [0.25, 0.3) is 0 Å². The summed E-state index contributed by atoms with van der Waals surface area (Å²) in [6.45, 7) is 2.11. The lowest BCUT2D eigenvalue weighted by atomic mass is 9.65. The Morgan fingerprint density at radius 1 is 1.33 bits per heavy atom. The van der Waals surface area contributed by atoms with E-state index in [9.17, 15) is 9.59 Å². The van der Waals surface area contributed by atoms with Crippen molar-refractivity contribution >= 4 is 17.6 Å². The van der Waals surface area contributed by atoms with Gasteiger partial charge in [0.25, 0.3) is 0 Å². The number of hydrogen-bond donors (Lipinski definition) is 2. The smallest absolute Gasteiger partial charge is 0.303 e. The van der Waals surface area contributed by atoms with Crippen molar-refractivity contribution in [3.63, 3.8) is 0 Å². The Morgan fingerprint density at radius 2 is 2.10 bits per heavy atom. The number of benzene rings is 1. The number of amides is 1. The summed E-state index contributed by atoms with van der Waals surface area (Å²) in [6.07, 6.45) is 5.64. The first kappa shape index (κ1) is 15.5. The van der Waals surface area contributed by atoms with Gasteiger partial charge in [-0.25, -0.2) is 0 Å². The molecule has 21 heavy (non-hydrogen) atoms. The van der Waals surface area contributed by atoms with Gasteiger partial charge in [-0.2, -0.15) is 0 Å². The molecule has 2 N–H and O–H groups in total. The first-order valence-electron chi connectivity index (χ1n) is 7.68. The second kappa shape index (κ2) is 6.74. The Kier molecular flexibility index (Phi) is 4.99. The fourth-order valence-corrected chi connectivity index (χ4v) is 2.99. The van der Waals surface area contributed by atoms with E-state index in [-0.39, 0.29) is 17.7 Å². The van der Waals surface area contributed by atoms with Crippen molar-refractivity contribution in [3.05, 3.63) is 29.8 Å². The predicted octanol–water partition coefficient (Wildman–Crippen LogP) is 3.61. The monoisotopic (exact) mass is 289 g/mol. The highest BCUT2D eigenvalue weighted by molar-refractivity contribution is 5.96. The summed E-state index contributed by atoms with van der Waals surface area (Å²) in [5.74, 6) is -0.688. The van der Waals surface area contributed by atoms with Gasteiger partial charge >= 0.3 is 5.97 Å². The van der Waals surface area contributed by atoms with Crippen molar-refractivity contribution in [2.45, 2.75) is 51.9 Å². The second-order valence-corrected chi connectivity index (χ2v) is 5.93. The summed E-state index contributed by atoms with van der Waals surface area (Å²) in [7, 11) is 0. The lowest BCUT2D eigenvalue weighted by molar-refractivity contribution is -0.137. The van der Waals surface area contributed by atoms with Crippen LogP contribution in [0.3, 0.4) is 0 Å². The van der Waals surface area contributed by atoms with Crippen molar-refractivity contribution in [1.82, 2.24) is 0 Å². The first-order chi connectivity index (χ1) is 10.1. The topological polar surface area (TPSA) is 66.4 Å². The quantitative estimate of drug-likeness (QED) is 0.805. The molecule has 0 heterocycles. The van der Waals surface area contributed by atoms with Crippen molar-refractivity contribution in [1.29, 1.82) is 0 Å². The molecule has 0 bridgehead atoms. The van der Waals surface area contributed by atoms with Crippen LogP contribution in [0, 0.1) is 5.41 Å². The second-order valence-electron chi connectivity index (χ2n) is 5.93. The molecule has 1 aliphatic carbocycles. The third-order valence-corrected chi connectivity index (χ3v) is 4.33. The molecule has 0 atom stereocenters. The number of anilines is 1. The summed E-state index contributed by atoms with van der Waals surface area (Å²) in [4.78, 5) is 23.1. The molecule has 1 fully saturated rings. The van der Waals surface area contributed by atoms with E-state index in [0.717, 1.165) is 43.4 Å². The molecule has 0 unspecified atom stereocenters. The van der Waals surface area contributed by atoms with E-state index in [1.165, 1.54) is 0 Å². The molecule has 1 aromatic carbocycles. The minimum atomic E-state index is -0.805. The van der Waals surface area contributed by atoms with Crippen molar-refractivity contribution in [2.24, 2.45) is 5.41 Å². The van der Waals surface area contributed by atoms with Crippen LogP contribution in [0.5, 0.6) is 0 Å². The molecule has 114 valence electrons. The molecule has 0 aromatic heterocycles. The zero-order valence-corrected chi connectivity index (χ0v) is 12.5. The van der Waals surface area contributed by atoms with E-state index in [0.29, 0.717) is 6.42 Å². The van der Waals surface area contributed by atoms with Crippen LogP contribution < -0.4 is 5.32 Å². The van der Waals surface area contributed by atoms with Gasteiger partial charge in [-0.05, 0) is 43.4 Å². The highest BCUT2D eigenvalue weighted by Crippen LogP contribution is 2.45. The molecule has 0 spiro atoms. The highest BCUT2D eigenvalue weighted by atomic mass is 16.4. The summed E-state index contributed by atoms with van der Waals surface area (Å²) in [5, 5.41) is 11.7. The van der Waals surface area contributed by atoms with Crippen molar-refractivity contribution in [2.75, 3.05) is 5.32 Å². The highest BCUT2D eigenvalue weighted by Gasteiger charge is 2.42. The molecule has 4 heteroatoms. The van der Waals surface area contributed by atoms with Crippen LogP contribution in [0.15, 0.2) is 24.3 Å². The number of carbonyl (C=O) groups excluding carboxylic acids is 1. The zero-order chi connectivity index (χ0) is 15.3. The lowest BCUT2D eigenvalue weighted by Gasteiger charge is -2.40. The van der Waals surface area contributed by atoms with Gasteiger partial charge in [0, 0.05) is 17.5 Å². The Balaban J connectivity index is 2.00. The molecule has 0 aliphatic heterocycles. The number of hydrogen-bond acceptors (Lipinski definition) is 2. The molecule has 1 amide bonds. The average Bonchev–Trinajstić information content (AvgIpc) is 2.41. The Hall–Kier alpha value is -1.84. The first-order valence-corrected chi connectivity index (χ1v) is 7.68. The van der Waals surface area contributed by atoms with Crippen molar-refractivity contribution in [3.8, 4) is 0 Å². The zero-order valence-electron chi connectivity index (χ0n) is 12.5. The molecule has 0 radical (unpaired) electrons. The summed E-state index contributed by atoms with van der Waals surface area (Å²) >= 11 is 0. The van der Waals surface area contributed by atoms with E-state index in [1.54, 1.807) is 0 Å². The van der Waals surface area contributed by atoms with E-state index < -0.39 is 5.97 Å². The Morgan fingerprint density at radius 3 is 2.67 bits per heavy atom. The maximum Gasteiger partial charge on any atom is 0.303 e. The van der Waals surface area contributed by atoms with E-state index in [1.807, 2.05) is 24.3 Å². The van der Waals surface area contributed by atoms with Gasteiger partial charge < -0.3 is 10.4 Å². The van der Waals surface area contributed by atoms with Gasteiger partial charge in [0.15, 0.2) is 0 Å². The number of aliphatic carboxylic acids is 1. The number of carboxylic acid groups (broad SMARTS) is 1. The van der Waals surface area contributed by atoms with Crippen LogP contribution in [0.2, 0.25) is 0 Å². The maximum atomic E-state index is 12.5. The van der Waals surface area contributed by atoms with E-state index >= 15 is 0 Å². The minimum absolute atomic E-state index is 0.108. The molecule has 1 aliphatic rings. The largest absolute Gasteiger partial charge is 0.481 e. The molecular formula is C17H23NO3. The third-order valence-electron chi connectivity index (χ3n) is 4.33. The van der Waals surface area contributed by atoms with Gasteiger partial charge in [0.05, 0.1) is 0 Å². The maximum absolute atomic E-state index is 12.5. The molecule has 2 rings (SSSR count). The van der Waals surface area contributed by atoms with Crippen molar-refractivity contribution < 1.29 is 14.7 Å². The molecule has 4 nitrogen and oxygen atoms in total. The summed E-state index contributed by atoms with van der Waals surface area (Å²) < 4.78 is 0. The predicted molar refractivity (Wildman–Crippen MR) is 82.2 cm³/mol. The molecule has 0 saturated heterocycles. The normalized spacial score (nSPS) is 16.0. The van der Waals surface area contributed by atoms with Gasteiger partial charge in [-0.3, -0.25) is 9.59 Å². The number of carbonyl (C=O) groups is 2. The standard InChI is InChI=1S/C17H23NO3/c1-2-9-17(10-4-11-17)16(21)18-14-6-3-5-13(12-14)7-8-15(19)20/h3,5-6,12H,2,4,7-11H2,1H3,(H,18,21)(H,19,20). The fourth-order valence-electron chi connectivity index (χ4n) is 2.99. The van der Waals surface area contributed by atoms with Crippen LogP contribution in [0.1, 0.15) is 51.0 Å². The van der Waals surface area contributed by atoms with Gasteiger partial charge in [-0.15, -0.1) is 0 Å². The number of rotatable bonds is 7. The Bertz CT molecular complexity index is 521. The lowest BCUT2D eigenvalue weighted by Crippen LogP contribution is -2.41. The van der Waals surface area contributed by atoms with E-state index in [2.05, 4.69) is 12.2 Å². The molecule has 1 aromatic rings. The third kappa shape index (κ3) is 3.84. The van der Waals surface area contributed by atoms with Gasteiger partial charge in [-0.1, -0.05) is 31.9 Å². The summed E-state index contributed by atoms with van der Waals surface area (Å²) in [6, 6.07) is 7.49. The van der Waals surface area contributed by atoms with Crippen LogP contribution in [-0.2, 0) is 16.0 Å². The van der Waals surface area contributed by atoms with E-state index in [4.69, 9.17) is 5.11 Å². The van der Waals surface area contributed by atoms with Crippen LogP contribution in [0.4, 0.5) is 5.69 Å². The minimum Gasteiger partial charge on any atom is -0.481 e. The average molecular weight is 289 g/mol. The summed E-state index contributed by atoms with van der Waals surface area (Å²) in [5.41, 5.74) is 1.53. The molecule has 1 saturated carbocycles. The van der Waals surface area contributed by atoms with Gasteiger partial charge in [0.2, 0.25) is 5.91 Å². The van der Waals surface area contributed by atoms with Crippen LogP contribution in [-0.4, -0.2) is 17.0 Å². The van der Waals surface area contributed by atoms with Crippen LogP contribution >= 0.6 is 0 Å². The molecular weight excluding hydrogens is 266 g/mol. The SMILES string of the molecule is CCCC1(C(=O)Nc2cccc(CCC(=O)O)c2)CCC1. The number of aryl methyl sites for hydroxylation is 1. The Labute approximate surface area is 125 Å². The number of carboxylic acids is 1. The van der Waals surface area contributed by atoms with Gasteiger partial charge in [0.1, 0.15) is 0 Å². The number of nitrogens with one attached hydrogen (secondary N) is 1. The fraction of sp³-hybridized carbons (Fsp3) is 0.529.